The quantitative estimate of drug-likeness (QED) is 0.549. The Labute approximate surface area is 135 Å². The Balaban J connectivity index is 2.26. The Kier molecular flexibility index (Phi) is 4.76. The summed E-state index contributed by atoms with van der Waals surface area (Å²) in [5.41, 5.74) is 4.40. The van der Waals surface area contributed by atoms with Gasteiger partial charge in [0.2, 0.25) is 0 Å². The van der Waals surface area contributed by atoms with Crippen molar-refractivity contribution < 1.29 is 0 Å². The molecule has 108 valence electrons. The van der Waals surface area contributed by atoms with Crippen molar-refractivity contribution in [2.45, 2.75) is 51.3 Å². The van der Waals surface area contributed by atoms with E-state index in [4.69, 9.17) is 0 Å². The summed E-state index contributed by atoms with van der Waals surface area (Å²) in [6.07, 6.45) is 1.16. The Morgan fingerprint density at radius 1 is 1.15 bits per heavy atom. The summed E-state index contributed by atoms with van der Waals surface area (Å²) in [6, 6.07) is 11.4. The zero-order chi connectivity index (χ0) is 14.9. The van der Waals surface area contributed by atoms with Crippen LogP contribution in [-0.2, 0) is 5.41 Å². The van der Waals surface area contributed by atoms with Crippen LogP contribution < -0.4 is 0 Å². The van der Waals surface area contributed by atoms with Gasteiger partial charge in [-0.15, -0.1) is 11.3 Å². The van der Waals surface area contributed by atoms with Crippen molar-refractivity contribution in [1.29, 1.82) is 0 Å². The predicted octanol–water partition coefficient (Wildman–Crippen LogP) is 6.54. The van der Waals surface area contributed by atoms with E-state index in [9.17, 15) is 0 Å². The van der Waals surface area contributed by atoms with Gasteiger partial charge >= 0.3 is 0 Å². The highest BCUT2D eigenvalue weighted by Gasteiger charge is 2.19. The first-order valence-electron chi connectivity index (χ1n) is 7.16. The molecule has 0 aliphatic heterocycles. The van der Waals surface area contributed by atoms with E-state index in [0.717, 1.165) is 6.42 Å². The molecule has 1 aromatic carbocycles. The van der Waals surface area contributed by atoms with E-state index in [1.807, 2.05) is 11.3 Å². The molecule has 0 fully saturated rings. The number of hydrogen-bond donors (Lipinski definition) is 0. The normalized spacial score (nSPS) is 13.5. The molecular weight excluding hydrogens is 328 g/mol. The summed E-state index contributed by atoms with van der Waals surface area (Å²) >= 11 is 5.73. The number of alkyl halides is 1. The van der Waals surface area contributed by atoms with Crippen molar-refractivity contribution in [3.63, 3.8) is 0 Å². The highest BCUT2D eigenvalue weighted by atomic mass is 79.9. The molecule has 0 amide bonds. The minimum atomic E-state index is 0.260. The number of benzene rings is 1. The molecule has 0 radical (unpaired) electrons. The van der Waals surface area contributed by atoms with Gasteiger partial charge in [-0.25, -0.2) is 0 Å². The molecule has 2 rings (SSSR count). The van der Waals surface area contributed by atoms with Crippen LogP contribution in [0.3, 0.4) is 0 Å². The summed E-state index contributed by atoms with van der Waals surface area (Å²) < 4.78 is 0. The Morgan fingerprint density at radius 3 is 2.20 bits per heavy atom. The minimum Gasteiger partial charge on any atom is -0.144 e. The van der Waals surface area contributed by atoms with Gasteiger partial charge in [0.1, 0.15) is 0 Å². The SMILES string of the molecule is CCC(C)(C)c1ccc(C(Br)c2cc(C)c(C)s2)cc1. The molecule has 0 aliphatic carbocycles. The lowest BCUT2D eigenvalue weighted by atomic mass is 9.82. The van der Waals surface area contributed by atoms with Crippen LogP contribution in [0.5, 0.6) is 0 Å². The molecule has 2 heteroatoms. The molecule has 1 atom stereocenters. The minimum absolute atomic E-state index is 0.260. The summed E-state index contributed by atoms with van der Waals surface area (Å²) in [7, 11) is 0. The zero-order valence-electron chi connectivity index (χ0n) is 13.0. The number of hydrogen-bond acceptors (Lipinski definition) is 1. The summed E-state index contributed by atoms with van der Waals surface area (Å²) in [6.45, 7) is 11.2. The van der Waals surface area contributed by atoms with Gasteiger partial charge in [0.05, 0.1) is 4.83 Å². The fraction of sp³-hybridized carbons (Fsp3) is 0.444. The van der Waals surface area contributed by atoms with Crippen molar-refractivity contribution in [3.8, 4) is 0 Å². The number of thiophene rings is 1. The van der Waals surface area contributed by atoms with Gasteiger partial charge in [-0.05, 0) is 48.4 Å². The van der Waals surface area contributed by atoms with Crippen LogP contribution in [0.25, 0.3) is 0 Å². The largest absolute Gasteiger partial charge is 0.144 e. The molecule has 0 saturated heterocycles. The van der Waals surface area contributed by atoms with Crippen molar-refractivity contribution in [2.75, 3.05) is 0 Å². The lowest BCUT2D eigenvalue weighted by molar-refractivity contribution is 0.506. The van der Waals surface area contributed by atoms with Crippen molar-refractivity contribution >= 4 is 27.3 Å². The van der Waals surface area contributed by atoms with E-state index in [0.29, 0.717) is 4.83 Å². The summed E-state index contributed by atoms with van der Waals surface area (Å²) in [5.74, 6) is 0. The molecular formula is C18H23BrS. The van der Waals surface area contributed by atoms with Crippen molar-refractivity contribution in [1.82, 2.24) is 0 Å². The zero-order valence-corrected chi connectivity index (χ0v) is 15.4. The molecule has 0 nitrogen and oxygen atoms in total. The maximum Gasteiger partial charge on any atom is 0.0738 e. The smallest absolute Gasteiger partial charge is 0.0738 e. The van der Waals surface area contributed by atoms with E-state index < -0.39 is 0 Å². The molecule has 1 heterocycles. The predicted molar refractivity (Wildman–Crippen MR) is 94.3 cm³/mol. The average molecular weight is 351 g/mol. The van der Waals surface area contributed by atoms with Crippen LogP contribution in [0, 0.1) is 13.8 Å². The standard InChI is InChI=1S/C18H23BrS/c1-6-18(4,5)15-9-7-14(8-10-15)17(19)16-11-12(2)13(3)20-16/h7-11,17H,6H2,1-5H3. The second-order valence-corrected chi connectivity index (χ2v) is 8.31. The molecule has 2 aromatic rings. The van der Waals surface area contributed by atoms with Gasteiger partial charge < -0.3 is 0 Å². The second-order valence-electron chi connectivity index (χ2n) is 6.11. The van der Waals surface area contributed by atoms with Crippen LogP contribution in [0.1, 0.15) is 58.5 Å². The third-order valence-corrected chi connectivity index (χ3v) is 6.85. The summed E-state index contributed by atoms with van der Waals surface area (Å²) in [4.78, 5) is 3.11. The van der Waals surface area contributed by atoms with Crippen molar-refractivity contribution in [2.24, 2.45) is 0 Å². The molecule has 1 aromatic heterocycles. The molecule has 0 saturated carbocycles. The lowest BCUT2D eigenvalue weighted by Gasteiger charge is -2.23. The molecule has 0 spiro atoms. The van der Waals surface area contributed by atoms with E-state index >= 15 is 0 Å². The molecule has 1 unspecified atom stereocenters. The average Bonchev–Trinajstić information content (AvgIpc) is 2.78. The fourth-order valence-electron chi connectivity index (χ4n) is 2.20. The van der Waals surface area contributed by atoms with E-state index in [-0.39, 0.29) is 5.41 Å². The summed E-state index contributed by atoms with van der Waals surface area (Å²) in [5, 5.41) is 0. The topological polar surface area (TPSA) is 0 Å². The molecule has 0 aliphatic rings. The van der Waals surface area contributed by atoms with Gasteiger partial charge in [-0.3, -0.25) is 0 Å². The number of halogens is 1. The van der Waals surface area contributed by atoms with Crippen LogP contribution in [0.2, 0.25) is 0 Å². The highest BCUT2D eigenvalue weighted by molar-refractivity contribution is 9.09. The third kappa shape index (κ3) is 3.17. The maximum atomic E-state index is 3.84. The van der Waals surface area contributed by atoms with E-state index in [2.05, 4.69) is 80.9 Å². The fourth-order valence-corrected chi connectivity index (χ4v) is 3.96. The van der Waals surface area contributed by atoms with Crippen LogP contribution in [0.15, 0.2) is 30.3 Å². The first kappa shape index (κ1) is 15.8. The van der Waals surface area contributed by atoms with Gasteiger partial charge in [0.15, 0.2) is 0 Å². The Hall–Kier alpha value is -0.600. The van der Waals surface area contributed by atoms with Gasteiger partial charge in [-0.1, -0.05) is 61.0 Å². The van der Waals surface area contributed by atoms with Gasteiger partial charge in [0, 0.05) is 9.75 Å². The maximum absolute atomic E-state index is 3.84. The van der Waals surface area contributed by atoms with Crippen LogP contribution >= 0.6 is 27.3 Å². The third-order valence-electron chi connectivity index (χ3n) is 4.30. The molecule has 20 heavy (non-hydrogen) atoms. The van der Waals surface area contributed by atoms with Crippen LogP contribution in [-0.4, -0.2) is 0 Å². The molecule has 0 N–H and O–H groups in total. The first-order valence-corrected chi connectivity index (χ1v) is 8.90. The van der Waals surface area contributed by atoms with E-state index in [1.165, 1.54) is 26.4 Å². The first-order chi connectivity index (χ1) is 9.35. The second kappa shape index (κ2) is 6.03. The lowest BCUT2D eigenvalue weighted by Crippen LogP contribution is -2.15. The highest BCUT2D eigenvalue weighted by Crippen LogP contribution is 2.37. The van der Waals surface area contributed by atoms with Gasteiger partial charge in [-0.2, -0.15) is 0 Å². The Morgan fingerprint density at radius 2 is 1.75 bits per heavy atom. The number of rotatable bonds is 4. The van der Waals surface area contributed by atoms with Crippen molar-refractivity contribution in [3.05, 3.63) is 56.8 Å². The molecule has 0 bridgehead atoms. The van der Waals surface area contributed by atoms with E-state index in [1.54, 1.807) is 0 Å². The van der Waals surface area contributed by atoms with Gasteiger partial charge in [0.25, 0.3) is 0 Å². The van der Waals surface area contributed by atoms with Crippen LogP contribution in [0.4, 0.5) is 0 Å². The number of aryl methyl sites for hydroxylation is 2. The monoisotopic (exact) mass is 350 g/mol. The Bertz CT molecular complexity index is 558.